The summed E-state index contributed by atoms with van der Waals surface area (Å²) in [6.07, 6.45) is 12.3. The van der Waals surface area contributed by atoms with Gasteiger partial charge in [-0.1, -0.05) is 13.8 Å². The molecular formula is C18H30N2O2. The summed E-state index contributed by atoms with van der Waals surface area (Å²) in [5.41, 5.74) is 6.31. The highest BCUT2D eigenvalue weighted by Gasteiger charge is 2.65. The summed E-state index contributed by atoms with van der Waals surface area (Å²) in [6, 6.07) is 0. The molecule has 4 bridgehead atoms. The molecule has 0 aromatic heterocycles. The molecular weight excluding hydrogens is 276 g/mol. The smallest absolute Gasteiger partial charge is 0.0705 e. The zero-order chi connectivity index (χ0) is 15.9. The van der Waals surface area contributed by atoms with Crippen molar-refractivity contribution < 1.29 is 9.84 Å². The Hall–Kier alpha value is -0.870. The Bertz CT molecular complexity index is 467. The summed E-state index contributed by atoms with van der Waals surface area (Å²) >= 11 is 0. The molecule has 0 aliphatic heterocycles. The van der Waals surface area contributed by atoms with Crippen LogP contribution < -0.4 is 5.73 Å². The number of rotatable bonds is 6. The van der Waals surface area contributed by atoms with Gasteiger partial charge in [-0.25, -0.2) is 0 Å². The van der Waals surface area contributed by atoms with E-state index in [9.17, 15) is 5.11 Å². The van der Waals surface area contributed by atoms with Gasteiger partial charge >= 0.3 is 0 Å². The zero-order valence-corrected chi connectivity index (χ0v) is 14.0. The van der Waals surface area contributed by atoms with Gasteiger partial charge in [0.1, 0.15) is 0 Å². The van der Waals surface area contributed by atoms with Gasteiger partial charge in [0.25, 0.3) is 0 Å². The molecule has 22 heavy (non-hydrogen) atoms. The van der Waals surface area contributed by atoms with E-state index in [4.69, 9.17) is 10.5 Å². The summed E-state index contributed by atoms with van der Waals surface area (Å²) in [5, 5.41) is 9.19. The lowest BCUT2D eigenvalue weighted by atomic mass is 9.39. The Balaban J connectivity index is 1.86. The molecule has 0 aromatic rings. The molecule has 0 spiro atoms. The molecule has 4 saturated carbocycles. The minimum Gasteiger partial charge on any atom is -0.405 e. The average molecular weight is 306 g/mol. The number of ether oxygens (including phenoxy) is 1. The quantitative estimate of drug-likeness (QED) is 0.741. The van der Waals surface area contributed by atoms with Crippen molar-refractivity contribution in [2.75, 3.05) is 19.8 Å². The normalized spacial score (nSPS) is 47.0. The number of aliphatic hydroxyl groups is 1. The van der Waals surface area contributed by atoms with E-state index in [1.165, 1.54) is 25.5 Å². The summed E-state index contributed by atoms with van der Waals surface area (Å²) in [5.74, 6) is 0. The summed E-state index contributed by atoms with van der Waals surface area (Å²) < 4.78 is 6.24. The first kappa shape index (κ1) is 16.0. The third-order valence-corrected chi connectivity index (χ3v) is 5.88. The van der Waals surface area contributed by atoms with E-state index in [-0.39, 0.29) is 17.6 Å². The molecule has 0 amide bonds. The van der Waals surface area contributed by atoms with Crippen LogP contribution in [0.25, 0.3) is 0 Å². The fourth-order valence-corrected chi connectivity index (χ4v) is 6.77. The highest BCUT2D eigenvalue weighted by Crippen LogP contribution is 2.71. The van der Waals surface area contributed by atoms with Gasteiger partial charge in [-0.3, -0.25) is 4.99 Å². The molecule has 0 saturated heterocycles. The summed E-state index contributed by atoms with van der Waals surface area (Å²) in [7, 11) is 0. The van der Waals surface area contributed by atoms with Gasteiger partial charge in [-0.2, -0.15) is 0 Å². The number of nitrogens with zero attached hydrogens (tertiary/aromatic N) is 1. The maximum Gasteiger partial charge on any atom is 0.0705 e. The Kier molecular flexibility index (Phi) is 3.89. The van der Waals surface area contributed by atoms with Gasteiger partial charge < -0.3 is 15.6 Å². The molecule has 3 N–H and O–H groups in total. The van der Waals surface area contributed by atoms with Crippen molar-refractivity contribution in [1.82, 2.24) is 0 Å². The van der Waals surface area contributed by atoms with Crippen LogP contribution in [0.2, 0.25) is 0 Å². The number of allylic oxidation sites excluding steroid dienone is 1. The summed E-state index contributed by atoms with van der Waals surface area (Å²) in [6.45, 7) is 6.30. The average Bonchev–Trinajstić information content (AvgIpc) is 2.37. The van der Waals surface area contributed by atoms with E-state index in [1.807, 2.05) is 6.21 Å². The minimum atomic E-state index is -0.0415. The molecule has 4 aliphatic carbocycles. The predicted molar refractivity (Wildman–Crippen MR) is 88.8 cm³/mol. The Labute approximate surface area is 133 Å². The lowest BCUT2D eigenvalue weighted by Gasteiger charge is -2.69. The van der Waals surface area contributed by atoms with Gasteiger partial charge in [0.05, 0.1) is 18.8 Å². The highest BCUT2D eigenvalue weighted by atomic mass is 16.5. The van der Waals surface area contributed by atoms with Crippen molar-refractivity contribution in [3.63, 3.8) is 0 Å². The Morgan fingerprint density at radius 3 is 2.36 bits per heavy atom. The van der Waals surface area contributed by atoms with Crippen molar-refractivity contribution in [1.29, 1.82) is 0 Å². The minimum absolute atomic E-state index is 0.0415. The molecule has 0 aromatic carbocycles. The number of nitrogens with two attached hydrogens (primary N) is 1. The van der Waals surface area contributed by atoms with Crippen LogP contribution in [0.5, 0.6) is 0 Å². The maximum absolute atomic E-state index is 9.19. The molecule has 4 rings (SSSR count). The molecule has 0 heterocycles. The van der Waals surface area contributed by atoms with Crippen LogP contribution in [0.3, 0.4) is 0 Å². The van der Waals surface area contributed by atoms with Gasteiger partial charge in [0.2, 0.25) is 0 Å². The van der Waals surface area contributed by atoms with Gasteiger partial charge in [0, 0.05) is 12.8 Å². The lowest BCUT2D eigenvalue weighted by molar-refractivity contribution is -0.243. The van der Waals surface area contributed by atoms with Crippen LogP contribution in [0.1, 0.15) is 52.4 Å². The van der Waals surface area contributed by atoms with Crippen LogP contribution in [0, 0.1) is 16.2 Å². The molecule has 4 nitrogen and oxygen atoms in total. The van der Waals surface area contributed by atoms with E-state index < -0.39 is 0 Å². The number of aliphatic imine (C=N–C) groups is 1. The number of hydrogen-bond donors (Lipinski definition) is 2. The molecule has 2 unspecified atom stereocenters. The fourth-order valence-electron chi connectivity index (χ4n) is 6.77. The Morgan fingerprint density at radius 1 is 1.09 bits per heavy atom. The number of aliphatic hydroxyl groups excluding tert-OH is 1. The second-order valence-corrected chi connectivity index (χ2v) is 8.81. The standard InChI is InChI=1S/C18H30N2O2/c1-15-8-16(2)10-17(9-15,14-20-5-3-4-19)13-18(11-15,12-16)22-7-6-21/h3-5,21H,6-14,19H2,1-2H3. The van der Waals surface area contributed by atoms with Crippen molar-refractivity contribution >= 4 is 6.21 Å². The van der Waals surface area contributed by atoms with Crippen LogP contribution in [0.4, 0.5) is 0 Å². The fraction of sp³-hybridized carbons (Fsp3) is 0.833. The second kappa shape index (κ2) is 5.34. The highest BCUT2D eigenvalue weighted by molar-refractivity contribution is 5.70. The molecule has 0 radical (unpaired) electrons. The molecule has 124 valence electrons. The van der Waals surface area contributed by atoms with E-state index in [1.54, 1.807) is 6.08 Å². The van der Waals surface area contributed by atoms with Gasteiger partial charge in [-0.05, 0) is 67.0 Å². The largest absolute Gasteiger partial charge is 0.405 e. The van der Waals surface area contributed by atoms with E-state index >= 15 is 0 Å². The van der Waals surface area contributed by atoms with E-state index in [0.717, 1.165) is 25.8 Å². The van der Waals surface area contributed by atoms with Crippen LogP contribution in [-0.4, -0.2) is 36.7 Å². The van der Waals surface area contributed by atoms with Crippen molar-refractivity contribution in [2.24, 2.45) is 27.0 Å². The predicted octanol–water partition coefficient (Wildman–Crippen LogP) is 2.66. The first-order chi connectivity index (χ1) is 10.4. The van der Waals surface area contributed by atoms with Gasteiger partial charge in [0.15, 0.2) is 0 Å². The van der Waals surface area contributed by atoms with E-state index in [0.29, 0.717) is 17.4 Å². The third-order valence-electron chi connectivity index (χ3n) is 5.88. The lowest BCUT2D eigenvalue weighted by Crippen LogP contribution is -2.64. The monoisotopic (exact) mass is 306 g/mol. The topological polar surface area (TPSA) is 67.8 Å². The molecule has 2 atom stereocenters. The molecule has 4 heteroatoms. The molecule has 4 fully saturated rings. The van der Waals surface area contributed by atoms with Crippen LogP contribution >= 0.6 is 0 Å². The van der Waals surface area contributed by atoms with Crippen LogP contribution in [-0.2, 0) is 4.74 Å². The van der Waals surface area contributed by atoms with Crippen molar-refractivity contribution in [3.05, 3.63) is 12.3 Å². The number of hydrogen-bond acceptors (Lipinski definition) is 4. The third kappa shape index (κ3) is 2.83. The first-order valence-electron chi connectivity index (χ1n) is 8.48. The van der Waals surface area contributed by atoms with Crippen LogP contribution in [0.15, 0.2) is 17.3 Å². The second-order valence-electron chi connectivity index (χ2n) is 8.81. The Morgan fingerprint density at radius 2 is 1.77 bits per heavy atom. The SMILES string of the molecule is CC12CC3(C)CC(CN=CC=CN)(C1)CC(OCCO)(C2)C3. The molecule has 4 aliphatic rings. The summed E-state index contributed by atoms with van der Waals surface area (Å²) in [4.78, 5) is 4.63. The first-order valence-corrected chi connectivity index (χ1v) is 8.48. The van der Waals surface area contributed by atoms with Crippen molar-refractivity contribution in [2.45, 2.75) is 58.0 Å². The van der Waals surface area contributed by atoms with Crippen molar-refractivity contribution in [3.8, 4) is 0 Å². The zero-order valence-electron chi connectivity index (χ0n) is 14.0. The van der Waals surface area contributed by atoms with E-state index in [2.05, 4.69) is 18.8 Å². The van der Waals surface area contributed by atoms with Gasteiger partial charge in [-0.15, -0.1) is 0 Å². The maximum atomic E-state index is 9.19.